The van der Waals surface area contributed by atoms with Crippen LogP contribution in [0.15, 0.2) is 46.0 Å². The molecular formula is C17H23IN4O2. The van der Waals surface area contributed by atoms with Crippen molar-refractivity contribution in [1.82, 2.24) is 5.32 Å². The standard InChI is InChI=1S/C17H22N4O2.HI/c1-12-5-3-6-14(11-12)21-17(18)20-9-4-8-19-16(22)15-13(2)7-10-23-15;/h3,5-7,10-11H,4,8-9H2,1-2H3,(H,19,22)(H3,18,20,21);1H. The average Bonchev–Trinajstić information content (AvgIpc) is 2.93. The highest BCUT2D eigenvalue weighted by Gasteiger charge is 2.11. The summed E-state index contributed by atoms with van der Waals surface area (Å²) in [5.41, 5.74) is 8.72. The number of guanidine groups is 1. The van der Waals surface area contributed by atoms with Crippen molar-refractivity contribution >= 4 is 41.5 Å². The van der Waals surface area contributed by atoms with E-state index in [1.807, 2.05) is 38.1 Å². The van der Waals surface area contributed by atoms with Crippen LogP contribution in [0.25, 0.3) is 0 Å². The van der Waals surface area contributed by atoms with Gasteiger partial charge in [0.1, 0.15) is 0 Å². The first kappa shape index (κ1) is 20.0. The molecule has 1 aromatic heterocycles. The topological polar surface area (TPSA) is 92.6 Å². The fourth-order valence-electron chi connectivity index (χ4n) is 2.08. The highest BCUT2D eigenvalue weighted by atomic mass is 127. The van der Waals surface area contributed by atoms with E-state index in [1.54, 1.807) is 6.07 Å². The van der Waals surface area contributed by atoms with Crippen molar-refractivity contribution in [3.05, 3.63) is 53.5 Å². The summed E-state index contributed by atoms with van der Waals surface area (Å²) in [4.78, 5) is 16.1. The van der Waals surface area contributed by atoms with Gasteiger partial charge in [0.15, 0.2) is 11.7 Å². The molecule has 0 fully saturated rings. The van der Waals surface area contributed by atoms with E-state index >= 15 is 0 Å². The van der Waals surface area contributed by atoms with Gasteiger partial charge < -0.3 is 20.8 Å². The molecule has 0 aliphatic rings. The van der Waals surface area contributed by atoms with Crippen LogP contribution in [0.5, 0.6) is 0 Å². The molecule has 1 heterocycles. The third kappa shape index (κ3) is 6.23. The fourth-order valence-corrected chi connectivity index (χ4v) is 2.08. The molecule has 24 heavy (non-hydrogen) atoms. The van der Waals surface area contributed by atoms with Crippen molar-refractivity contribution < 1.29 is 9.21 Å². The number of amides is 1. The minimum Gasteiger partial charge on any atom is -0.459 e. The minimum atomic E-state index is -0.206. The number of furan rings is 1. The van der Waals surface area contributed by atoms with E-state index in [0.717, 1.165) is 16.8 Å². The second-order valence-corrected chi connectivity index (χ2v) is 5.30. The van der Waals surface area contributed by atoms with Crippen LogP contribution >= 0.6 is 24.0 Å². The fraction of sp³-hybridized carbons (Fsp3) is 0.294. The Hall–Kier alpha value is -2.03. The van der Waals surface area contributed by atoms with E-state index in [4.69, 9.17) is 10.2 Å². The number of carbonyl (C=O) groups excluding carboxylic acids is 1. The molecule has 1 aromatic carbocycles. The first-order valence-corrected chi connectivity index (χ1v) is 7.52. The van der Waals surface area contributed by atoms with Crippen LogP contribution < -0.4 is 16.4 Å². The Morgan fingerprint density at radius 2 is 2.08 bits per heavy atom. The second-order valence-electron chi connectivity index (χ2n) is 5.30. The molecule has 1 amide bonds. The summed E-state index contributed by atoms with van der Waals surface area (Å²) in [6.45, 7) is 4.89. The molecule has 0 radical (unpaired) electrons. The third-order valence-corrected chi connectivity index (χ3v) is 3.26. The van der Waals surface area contributed by atoms with Crippen LogP contribution in [0.4, 0.5) is 5.69 Å². The molecule has 130 valence electrons. The Bertz CT molecular complexity index is 697. The minimum absolute atomic E-state index is 0. The zero-order chi connectivity index (χ0) is 16.7. The molecule has 0 saturated heterocycles. The van der Waals surface area contributed by atoms with Gasteiger partial charge in [0.05, 0.1) is 6.26 Å². The Labute approximate surface area is 158 Å². The van der Waals surface area contributed by atoms with Gasteiger partial charge in [0.2, 0.25) is 0 Å². The lowest BCUT2D eigenvalue weighted by Crippen LogP contribution is -2.26. The number of benzene rings is 1. The van der Waals surface area contributed by atoms with Crippen LogP contribution in [-0.2, 0) is 0 Å². The number of rotatable bonds is 6. The van der Waals surface area contributed by atoms with Gasteiger partial charge in [-0.3, -0.25) is 9.79 Å². The summed E-state index contributed by atoms with van der Waals surface area (Å²) in [6.07, 6.45) is 2.20. The molecule has 0 atom stereocenters. The number of halogens is 1. The quantitative estimate of drug-likeness (QED) is 0.278. The summed E-state index contributed by atoms with van der Waals surface area (Å²) in [6, 6.07) is 9.66. The van der Waals surface area contributed by atoms with Crippen LogP contribution in [0, 0.1) is 13.8 Å². The molecule has 7 heteroatoms. The van der Waals surface area contributed by atoms with Crippen molar-refractivity contribution in [2.75, 3.05) is 18.4 Å². The summed E-state index contributed by atoms with van der Waals surface area (Å²) >= 11 is 0. The maximum Gasteiger partial charge on any atom is 0.287 e. The smallest absolute Gasteiger partial charge is 0.287 e. The van der Waals surface area contributed by atoms with Gasteiger partial charge >= 0.3 is 0 Å². The normalized spacial score (nSPS) is 10.8. The first-order valence-electron chi connectivity index (χ1n) is 7.52. The predicted molar refractivity (Wildman–Crippen MR) is 107 cm³/mol. The number of nitrogens with two attached hydrogens (primary N) is 1. The summed E-state index contributed by atoms with van der Waals surface area (Å²) < 4.78 is 5.13. The zero-order valence-corrected chi connectivity index (χ0v) is 16.2. The van der Waals surface area contributed by atoms with Crippen molar-refractivity contribution in [2.45, 2.75) is 20.3 Å². The summed E-state index contributed by atoms with van der Waals surface area (Å²) in [7, 11) is 0. The van der Waals surface area contributed by atoms with Crippen molar-refractivity contribution in [3.63, 3.8) is 0 Å². The monoisotopic (exact) mass is 442 g/mol. The van der Waals surface area contributed by atoms with E-state index in [0.29, 0.717) is 31.2 Å². The van der Waals surface area contributed by atoms with E-state index in [-0.39, 0.29) is 29.9 Å². The lowest BCUT2D eigenvalue weighted by atomic mass is 10.2. The molecule has 0 unspecified atom stereocenters. The van der Waals surface area contributed by atoms with Gasteiger partial charge in [0.25, 0.3) is 5.91 Å². The summed E-state index contributed by atoms with van der Waals surface area (Å²) in [5.74, 6) is 0.514. The van der Waals surface area contributed by atoms with Crippen molar-refractivity contribution in [1.29, 1.82) is 0 Å². The lowest BCUT2D eigenvalue weighted by molar-refractivity contribution is 0.0925. The highest BCUT2D eigenvalue weighted by molar-refractivity contribution is 14.0. The molecule has 0 bridgehead atoms. The largest absolute Gasteiger partial charge is 0.459 e. The zero-order valence-electron chi connectivity index (χ0n) is 13.8. The van der Waals surface area contributed by atoms with E-state index < -0.39 is 0 Å². The van der Waals surface area contributed by atoms with Gasteiger partial charge in [-0.1, -0.05) is 12.1 Å². The number of anilines is 1. The van der Waals surface area contributed by atoms with Gasteiger partial charge in [-0.15, -0.1) is 24.0 Å². The number of hydrogen-bond acceptors (Lipinski definition) is 3. The van der Waals surface area contributed by atoms with Crippen LogP contribution in [-0.4, -0.2) is 25.0 Å². The number of hydrogen-bond donors (Lipinski definition) is 3. The SMILES string of the molecule is Cc1cccc(NC(N)=NCCCNC(=O)c2occc2C)c1.I. The average molecular weight is 442 g/mol. The molecular weight excluding hydrogens is 419 g/mol. The van der Waals surface area contributed by atoms with E-state index in [1.165, 1.54) is 6.26 Å². The Balaban J connectivity index is 0.00000288. The molecule has 4 N–H and O–H groups in total. The first-order chi connectivity index (χ1) is 11.1. The Kier molecular flexibility index (Phi) is 8.31. The molecule has 0 aliphatic heterocycles. The number of aliphatic imine (C=N–C) groups is 1. The second kappa shape index (κ2) is 9.96. The van der Waals surface area contributed by atoms with Gasteiger partial charge in [-0.05, 0) is 44.0 Å². The lowest BCUT2D eigenvalue weighted by Gasteiger charge is -2.06. The predicted octanol–water partition coefficient (Wildman–Crippen LogP) is 3.06. The Morgan fingerprint density at radius 1 is 1.29 bits per heavy atom. The highest BCUT2D eigenvalue weighted by Crippen LogP contribution is 2.09. The molecule has 0 saturated carbocycles. The maximum atomic E-state index is 11.8. The van der Waals surface area contributed by atoms with Crippen molar-refractivity contribution in [2.24, 2.45) is 10.7 Å². The van der Waals surface area contributed by atoms with Crippen molar-refractivity contribution in [3.8, 4) is 0 Å². The third-order valence-electron chi connectivity index (χ3n) is 3.26. The number of nitrogens with zero attached hydrogens (tertiary/aromatic N) is 1. The van der Waals surface area contributed by atoms with E-state index in [2.05, 4.69) is 15.6 Å². The maximum absolute atomic E-state index is 11.8. The van der Waals surface area contributed by atoms with Crippen LogP contribution in [0.2, 0.25) is 0 Å². The van der Waals surface area contributed by atoms with Crippen LogP contribution in [0.3, 0.4) is 0 Å². The van der Waals surface area contributed by atoms with E-state index in [9.17, 15) is 4.79 Å². The van der Waals surface area contributed by atoms with Gasteiger partial charge in [-0.2, -0.15) is 0 Å². The number of aryl methyl sites for hydroxylation is 2. The molecule has 0 spiro atoms. The summed E-state index contributed by atoms with van der Waals surface area (Å²) in [5, 5.41) is 5.83. The number of carbonyl (C=O) groups is 1. The molecule has 6 nitrogen and oxygen atoms in total. The molecule has 2 aromatic rings. The van der Waals surface area contributed by atoms with Gasteiger partial charge in [-0.25, -0.2) is 0 Å². The van der Waals surface area contributed by atoms with Crippen LogP contribution in [0.1, 0.15) is 28.1 Å². The molecule has 0 aliphatic carbocycles. The number of nitrogens with one attached hydrogen (secondary N) is 2. The van der Waals surface area contributed by atoms with Gasteiger partial charge in [0, 0.05) is 24.3 Å². The Morgan fingerprint density at radius 3 is 2.75 bits per heavy atom. The molecule has 2 rings (SSSR count).